The first-order valence-corrected chi connectivity index (χ1v) is 9.46. The van der Waals surface area contributed by atoms with Gasteiger partial charge in [-0.05, 0) is 48.3 Å². The molecular formula is C20H38O6. The zero-order chi connectivity index (χ0) is 20.4. The van der Waals surface area contributed by atoms with Gasteiger partial charge in [-0.15, -0.1) is 0 Å². The highest BCUT2D eigenvalue weighted by atomic mass is 17.3. The average Bonchev–Trinajstić information content (AvgIpc) is 2.41. The topological polar surface area (TPSA) is 71.1 Å². The summed E-state index contributed by atoms with van der Waals surface area (Å²) in [5, 5.41) is 0. The second-order valence-corrected chi connectivity index (χ2v) is 9.68. The molecule has 0 saturated carbocycles. The molecule has 0 spiro atoms. The average molecular weight is 375 g/mol. The first-order chi connectivity index (χ1) is 11.8. The van der Waals surface area contributed by atoms with Gasteiger partial charge in [0.05, 0.1) is 13.2 Å². The van der Waals surface area contributed by atoms with Crippen molar-refractivity contribution >= 4 is 12.3 Å². The normalized spacial score (nSPS) is 14.3. The van der Waals surface area contributed by atoms with E-state index in [4.69, 9.17) is 9.47 Å². The van der Waals surface area contributed by atoms with Crippen LogP contribution < -0.4 is 0 Å². The third-order valence-electron chi connectivity index (χ3n) is 3.76. The molecule has 0 heterocycles. The lowest BCUT2D eigenvalue weighted by atomic mass is 9.84. The van der Waals surface area contributed by atoms with Crippen molar-refractivity contribution in [1.29, 1.82) is 0 Å². The van der Waals surface area contributed by atoms with Crippen LogP contribution in [0.1, 0.15) is 81.1 Å². The predicted octanol–water partition coefficient (Wildman–Crippen LogP) is 6.13. The molecule has 26 heavy (non-hydrogen) atoms. The number of ether oxygens (including phenoxy) is 2. The summed E-state index contributed by atoms with van der Waals surface area (Å²) in [6.45, 7) is 17.7. The second kappa shape index (κ2) is 11.3. The second-order valence-electron chi connectivity index (χ2n) is 9.68. The van der Waals surface area contributed by atoms with Gasteiger partial charge in [0.25, 0.3) is 0 Å². The van der Waals surface area contributed by atoms with E-state index in [0.717, 1.165) is 25.7 Å². The highest BCUT2D eigenvalue weighted by Crippen LogP contribution is 2.26. The zero-order valence-electron chi connectivity index (χ0n) is 17.8. The molecule has 0 bridgehead atoms. The predicted molar refractivity (Wildman–Crippen MR) is 101 cm³/mol. The van der Waals surface area contributed by atoms with E-state index in [1.165, 1.54) is 0 Å². The van der Waals surface area contributed by atoms with Crippen molar-refractivity contribution in [2.24, 2.45) is 22.7 Å². The van der Waals surface area contributed by atoms with Crippen LogP contribution in [0.15, 0.2) is 0 Å². The first-order valence-electron chi connectivity index (χ1n) is 9.46. The minimum Gasteiger partial charge on any atom is -0.432 e. The van der Waals surface area contributed by atoms with E-state index >= 15 is 0 Å². The molecule has 0 aliphatic carbocycles. The van der Waals surface area contributed by atoms with Gasteiger partial charge in [-0.1, -0.05) is 55.4 Å². The molecule has 0 radical (unpaired) electrons. The van der Waals surface area contributed by atoms with Gasteiger partial charge in [-0.2, -0.15) is 19.4 Å². The van der Waals surface area contributed by atoms with Crippen molar-refractivity contribution in [1.82, 2.24) is 0 Å². The Morgan fingerprint density at radius 1 is 0.692 bits per heavy atom. The molecule has 0 amide bonds. The lowest BCUT2D eigenvalue weighted by Crippen LogP contribution is -2.18. The van der Waals surface area contributed by atoms with Crippen LogP contribution in [0.25, 0.3) is 0 Å². The lowest BCUT2D eigenvalue weighted by Gasteiger charge is -2.23. The smallest absolute Gasteiger partial charge is 0.432 e. The maximum atomic E-state index is 11.4. The fourth-order valence-electron chi connectivity index (χ4n) is 3.10. The van der Waals surface area contributed by atoms with Crippen molar-refractivity contribution < 1.29 is 28.8 Å². The van der Waals surface area contributed by atoms with Gasteiger partial charge < -0.3 is 9.47 Å². The third kappa shape index (κ3) is 16.0. The summed E-state index contributed by atoms with van der Waals surface area (Å²) in [6.07, 6.45) is 1.44. The van der Waals surface area contributed by atoms with Gasteiger partial charge in [0.15, 0.2) is 0 Å². The Morgan fingerprint density at radius 3 is 1.27 bits per heavy atom. The number of hydrogen-bond acceptors (Lipinski definition) is 6. The zero-order valence-corrected chi connectivity index (χ0v) is 17.8. The summed E-state index contributed by atoms with van der Waals surface area (Å²) in [4.78, 5) is 31.3. The molecule has 0 rings (SSSR count). The van der Waals surface area contributed by atoms with E-state index in [1.54, 1.807) is 0 Å². The maximum absolute atomic E-state index is 11.4. The molecule has 154 valence electrons. The molecular weight excluding hydrogens is 336 g/mol. The Balaban J connectivity index is 3.78. The van der Waals surface area contributed by atoms with Crippen LogP contribution in [0.4, 0.5) is 9.59 Å². The summed E-state index contributed by atoms with van der Waals surface area (Å²) in [6, 6.07) is 0. The quantitative estimate of drug-likeness (QED) is 0.289. The largest absolute Gasteiger partial charge is 0.549 e. The third-order valence-corrected chi connectivity index (χ3v) is 3.76. The molecule has 0 unspecified atom stereocenters. The summed E-state index contributed by atoms with van der Waals surface area (Å²) in [7, 11) is 0. The Labute approximate surface area is 158 Å². The summed E-state index contributed by atoms with van der Waals surface area (Å²) in [5.41, 5.74) is 0.467. The maximum Gasteiger partial charge on any atom is 0.549 e. The van der Waals surface area contributed by atoms with Gasteiger partial charge in [-0.25, -0.2) is 0 Å². The monoisotopic (exact) mass is 374 g/mol. The molecule has 0 saturated heterocycles. The minimum absolute atomic E-state index is 0.221. The van der Waals surface area contributed by atoms with Gasteiger partial charge in [0, 0.05) is 0 Å². The van der Waals surface area contributed by atoms with Gasteiger partial charge in [0.1, 0.15) is 0 Å². The van der Waals surface area contributed by atoms with E-state index in [2.05, 4.69) is 65.2 Å². The minimum atomic E-state index is -1.04. The number of rotatable bonds is 8. The molecule has 0 aliphatic rings. The Morgan fingerprint density at radius 2 is 1.00 bits per heavy atom. The van der Waals surface area contributed by atoms with Crippen LogP contribution in [-0.2, 0) is 19.2 Å². The fourth-order valence-corrected chi connectivity index (χ4v) is 3.10. The van der Waals surface area contributed by atoms with Crippen molar-refractivity contribution in [2.75, 3.05) is 13.2 Å². The highest BCUT2D eigenvalue weighted by molar-refractivity contribution is 5.63. The Kier molecular flexibility index (Phi) is 10.7. The Hall–Kier alpha value is -1.46. The molecule has 6 nitrogen and oxygen atoms in total. The summed E-state index contributed by atoms with van der Waals surface area (Å²) < 4.78 is 9.76. The molecule has 0 fully saturated rings. The van der Waals surface area contributed by atoms with Crippen LogP contribution in [-0.4, -0.2) is 25.5 Å². The SMILES string of the molecule is C[C@@H](CCOC(=O)OOC(=O)OCC[C@H](C)CC(C)(C)C)CC(C)(C)C. The van der Waals surface area contributed by atoms with Gasteiger partial charge in [-0.3, -0.25) is 0 Å². The van der Waals surface area contributed by atoms with Crippen molar-refractivity contribution in [2.45, 2.75) is 81.1 Å². The van der Waals surface area contributed by atoms with Gasteiger partial charge >= 0.3 is 12.3 Å². The van der Waals surface area contributed by atoms with E-state index in [1.807, 2.05) is 0 Å². The van der Waals surface area contributed by atoms with E-state index in [-0.39, 0.29) is 24.0 Å². The molecule has 0 aromatic heterocycles. The van der Waals surface area contributed by atoms with Crippen LogP contribution in [0.3, 0.4) is 0 Å². The van der Waals surface area contributed by atoms with Crippen molar-refractivity contribution in [3.05, 3.63) is 0 Å². The lowest BCUT2D eigenvalue weighted by molar-refractivity contribution is -0.218. The highest BCUT2D eigenvalue weighted by Gasteiger charge is 2.18. The van der Waals surface area contributed by atoms with E-state index in [0.29, 0.717) is 11.8 Å². The number of hydrogen-bond donors (Lipinski definition) is 0. The molecule has 0 aliphatic heterocycles. The van der Waals surface area contributed by atoms with Crippen LogP contribution in [0.5, 0.6) is 0 Å². The van der Waals surface area contributed by atoms with Crippen LogP contribution >= 0.6 is 0 Å². The molecule has 0 aromatic carbocycles. The Bertz CT molecular complexity index is 379. The van der Waals surface area contributed by atoms with Crippen molar-refractivity contribution in [3.8, 4) is 0 Å². The molecule has 6 heteroatoms. The summed E-state index contributed by atoms with van der Waals surface area (Å²) >= 11 is 0. The number of carbonyl (C=O) groups excluding carboxylic acids is 2. The fraction of sp³-hybridized carbons (Fsp3) is 0.900. The molecule has 2 atom stereocenters. The van der Waals surface area contributed by atoms with E-state index < -0.39 is 12.3 Å². The van der Waals surface area contributed by atoms with Crippen LogP contribution in [0.2, 0.25) is 0 Å². The number of carbonyl (C=O) groups is 2. The first kappa shape index (κ1) is 24.5. The van der Waals surface area contributed by atoms with Crippen molar-refractivity contribution in [3.63, 3.8) is 0 Å². The molecule has 0 N–H and O–H groups in total. The van der Waals surface area contributed by atoms with Gasteiger partial charge in [0.2, 0.25) is 0 Å². The molecule has 0 aromatic rings. The van der Waals surface area contributed by atoms with Crippen LogP contribution in [0, 0.1) is 22.7 Å². The standard InChI is InChI=1S/C20H38O6/c1-15(13-19(3,4)5)9-11-23-17(21)25-26-18(22)24-12-10-16(2)14-20(6,7)8/h15-16H,9-14H2,1-8H3/t15-,16-/m0/s1. The summed E-state index contributed by atoms with van der Waals surface area (Å²) in [5.74, 6) is 0.840. The van der Waals surface area contributed by atoms with E-state index in [9.17, 15) is 9.59 Å².